The average Bonchev–Trinajstić information content (AvgIpc) is 2.47. The van der Waals surface area contributed by atoms with E-state index >= 15 is 0 Å². The molecule has 0 spiro atoms. The molecule has 0 radical (unpaired) electrons. The van der Waals surface area contributed by atoms with E-state index < -0.39 is 9.85 Å². The van der Waals surface area contributed by atoms with Crippen molar-refractivity contribution in [2.75, 3.05) is 0 Å². The molecule has 0 aliphatic heterocycles. The number of nitro benzene ring substituents is 2. The molecule has 0 heterocycles. The number of phenols is 1. The van der Waals surface area contributed by atoms with Crippen molar-refractivity contribution in [3.63, 3.8) is 0 Å². The molecule has 106 valence electrons. The molecule has 0 aliphatic rings. The molecule has 2 N–H and O–H groups in total. The molecule has 21 heavy (non-hydrogen) atoms. The highest BCUT2D eigenvalue weighted by Crippen LogP contribution is 2.26. The van der Waals surface area contributed by atoms with Crippen LogP contribution in [-0.4, -0.2) is 20.7 Å². The summed E-state index contributed by atoms with van der Waals surface area (Å²) >= 11 is 0. The van der Waals surface area contributed by atoms with Crippen LogP contribution in [0.5, 0.6) is 5.75 Å². The van der Waals surface area contributed by atoms with E-state index in [1.807, 2.05) is 0 Å². The van der Waals surface area contributed by atoms with Gasteiger partial charge in [-0.3, -0.25) is 25.6 Å². The van der Waals surface area contributed by atoms with E-state index in [2.05, 4.69) is 0 Å². The van der Waals surface area contributed by atoms with Crippen LogP contribution in [0, 0.1) is 25.6 Å². The molecule has 8 nitrogen and oxygen atoms in total. The van der Waals surface area contributed by atoms with Gasteiger partial charge in [0.2, 0.25) is 0 Å². The minimum absolute atomic E-state index is 0.0651. The summed E-state index contributed by atoms with van der Waals surface area (Å²) in [6.45, 7) is 0. The second-order valence-electron chi connectivity index (χ2n) is 4.14. The van der Waals surface area contributed by atoms with Crippen LogP contribution in [-0.2, 0) is 0 Å². The number of aromatic hydroxyl groups is 1. The predicted octanol–water partition coefficient (Wildman–Crippen LogP) is 2.62. The van der Waals surface area contributed by atoms with E-state index in [1.54, 1.807) is 0 Å². The Labute approximate surface area is 118 Å². The van der Waals surface area contributed by atoms with Gasteiger partial charge in [-0.1, -0.05) is 12.1 Å². The summed E-state index contributed by atoms with van der Waals surface area (Å²) in [5.41, 5.74) is -0.607. The number of hydrogen-bond donors (Lipinski definition) is 2. The number of benzene rings is 2. The Balaban J connectivity index is 2.49. The van der Waals surface area contributed by atoms with Gasteiger partial charge >= 0.3 is 0 Å². The third kappa shape index (κ3) is 2.84. The van der Waals surface area contributed by atoms with Gasteiger partial charge in [0.1, 0.15) is 5.75 Å². The van der Waals surface area contributed by atoms with Crippen LogP contribution in [0.25, 0.3) is 0 Å². The lowest BCUT2D eigenvalue weighted by molar-refractivity contribution is -0.385. The number of hydrogen-bond acceptors (Lipinski definition) is 6. The fourth-order valence-corrected chi connectivity index (χ4v) is 1.77. The average molecular weight is 287 g/mol. The van der Waals surface area contributed by atoms with E-state index in [0.717, 1.165) is 18.2 Å². The SMILES string of the molecule is N=C(c1cccc([N+](=O)[O-])c1)c1cc([N+](=O)[O-])ccc1O. The number of non-ortho nitro benzene ring substituents is 2. The van der Waals surface area contributed by atoms with Crippen LogP contribution >= 0.6 is 0 Å². The molecule has 0 aromatic heterocycles. The molecule has 0 saturated carbocycles. The van der Waals surface area contributed by atoms with Crippen LogP contribution in [0.1, 0.15) is 11.1 Å². The maximum Gasteiger partial charge on any atom is 0.270 e. The quantitative estimate of drug-likeness (QED) is 0.507. The highest BCUT2D eigenvalue weighted by molar-refractivity contribution is 6.13. The fraction of sp³-hybridized carbons (Fsp3) is 0. The van der Waals surface area contributed by atoms with E-state index in [0.29, 0.717) is 0 Å². The van der Waals surface area contributed by atoms with Crippen LogP contribution in [0.2, 0.25) is 0 Å². The first-order chi connectivity index (χ1) is 9.90. The Morgan fingerprint density at radius 3 is 2.24 bits per heavy atom. The Kier molecular flexibility index (Phi) is 3.61. The zero-order valence-electron chi connectivity index (χ0n) is 10.5. The van der Waals surface area contributed by atoms with Crippen molar-refractivity contribution in [1.29, 1.82) is 5.41 Å². The second kappa shape index (κ2) is 5.37. The van der Waals surface area contributed by atoms with E-state index in [1.165, 1.54) is 24.3 Å². The summed E-state index contributed by atoms with van der Waals surface area (Å²) in [6, 6.07) is 8.56. The molecular formula is C13H9N3O5. The summed E-state index contributed by atoms with van der Waals surface area (Å²) in [5, 5.41) is 39.2. The molecule has 2 rings (SSSR count). The molecule has 0 bridgehead atoms. The van der Waals surface area contributed by atoms with Gasteiger partial charge in [0, 0.05) is 35.4 Å². The maximum atomic E-state index is 10.7. The van der Waals surface area contributed by atoms with Crippen LogP contribution < -0.4 is 0 Å². The summed E-state index contributed by atoms with van der Waals surface area (Å²) in [6.07, 6.45) is 0. The number of nitrogens with one attached hydrogen (secondary N) is 1. The number of nitro groups is 2. The van der Waals surface area contributed by atoms with Crippen LogP contribution in [0.15, 0.2) is 42.5 Å². The number of rotatable bonds is 4. The first-order valence-corrected chi connectivity index (χ1v) is 5.71. The van der Waals surface area contributed by atoms with Crippen LogP contribution in [0.3, 0.4) is 0 Å². The summed E-state index contributed by atoms with van der Waals surface area (Å²) in [4.78, 5) is 20.2. The highest BCUT2D eigenvalue weighted by Gasteiger charge is 2.17. The van der Waals surface area contributed by atoms with Gasteiger partial charge in [0.05, 0.1) is 15.6 Å². The second-order valence-corrected chi connectivity index (χ2v) is 4.14. The van der Waals surface area contributed by atoms with Gasteiger partial charge in [-0.25, -0.2) is 0 Å². The molecule has 0 saturated heterocycles. The maximum absolute atomic E-state index is 10.7. The van der Waals surface area contributed by atoms with Gasteiger partial charge < -0.3 is 5.11 Å². The van der Waals surface area contributed by atoms with Crippen molar-refractivity contribution in [3.8, 4) is 5.75 Å². The predicted molar refractivity (Wildman–Crippen MR) is 73.8 cm³/mol. The molecule has 2 aromatic rings. The zero-order chi connectivity index (χ0) is 15.6. The monoisotopic (exact) mass is 287 g/mol. The van der Waals surface area contributed by atoms with Gasteiger partial charge in [0.15, 0.2) is 0 Å². The van der Waals surface area contributed by atoms with Crippen LogP contribution in [0.4, 0.5) is 11.4 Å². The number of nitrogens with zero attached hydrogens (tertiary/aromatic N) is 2. The summed E-state index contributed by atoms with van der Waals surface area (Å²) < 4.78 is 0. The normalized spacial score (nSPS) is 10.1. The molecule has 2 aromatic carbocycles. The minimum Gasteiger partial charge on any atom is -0.507 e. The lowest BCUT2D eigenvalue weighted by atomic mass is 10.0. The standard InChI is InChI=1S/C13H9N3O5/c14-13(8-2-1-3-9(6-8)15(18)19)11-7-10(16(20)21)4-5-12(11)17/h1-7,14,17H. The van der Waals surface area contributed by atoms with Crippen molar-refractivity contribution in [2.45, 2.75) is 0 Å². The Bertz CT molecular complexity index is 757. The molecule has 0 unspecified atom stereocenters. The van der Waals surface area contributed by atoms with Gasteiger partial charge in [-0.2, -0.15) is 0 Å². The molecule has 0 amide bonds. The Morgan fingerprint density at radius 1 is 1.00 bits per heavy atom. The van der Waals surface area contributed by atoms with Crippen molar-refractivity contribution in [1.82, 2.24) is 0 Å². The van der Waals surface area contributed by atoms with Crippen molar-refractivity contribution >= 4 is 17.1 Å². The van der Waals surface area contributed by atoms with Crippen molar-refractivity contribution < 1.29 is 15.0 Å². The van der Waals surface area contributed by atoms with Crippen molar-refractivity contribution in [2.24, 2.45) is 0 Å². The highest BCUT2D eigenvalue weighted by atomic mass is 16.6. The Hall–Kier alpha value is -3.29. The topological polar surface area (TPSA) is 130 Å². The lowest BCUT2D eigenvalue weighted by Crippen LogP contribution is -2.03. The Morgan fingerprint density at radius 2 is 1.62 bits per heavy atom. The van der Waals surface area contributed by atoms with Crippen molar-refractivity contribution in [3.05, 3.63) is 73.8 Å². The van der Waals surface area contributed by atoms with Gasteiger partial charge in [-0.15, -0.1) is 0 Å². The number of phenolic OH excluding ortho intramolecular Hbond substituents is 1. The molecule has 0 aliphatic carbocycles. The molecule has 0 fully saturated rings. The largest absolute Gasteiger partial charge is 0.507 e. The van der Waals surface area contributed by atoms with E-state index in [-0.39, 0.29) is 34.0 Å². The zero-order valence-corrected chi connectivity index (χ0v) is 10.5. The smallest absolute Gasteiger partial charge is 0.270 e. The van der Waals surface area contributed by atoms with Gasteiger partial charge in [0.25, 0.3) is 11.4 Å². The summed E-state index contributed by atoms with van der Waals surface area (Å²) in [5.74, 6) is -0.308. The third-order valence-corrected chi connectivity index (χ3v) is 2.81. The first-order valence-electron chi connectivity index (χ1n) is 5.71. The van der Waals surface area contributed by atoms with Gasteiger partial charge in [-0.05, 0) is 6.07 Å². The fourth-order valence-electron chi connectivity index (χ4n) is 1.77. The third-order valence-electron chi connectivity index (χ3n) is 2.81. The van der Waals surface area contributed by atoms with E-state index in [9.17, 15) is 25.3 Å². The lowest BCUT2D eigenvalue weighted by Gasteiger charge is -2.06. The molecule has 0 atom stereocenters. The minimum atomic E-state index is -0.649. The first kappa shape index (κ1) is 14.1. The summed E-state index contributed by atoms with van der Waals surface area (Å²) in [7, 11) is 0. The molecular weight excluding hydrogens is 278 g/mol. The van der Waals surface area contributed by atoms with E-state index in [4.69, 9.17) is 5.41 Å². The molecule has 8 heteroatoms.